The molecule has 1 aliphatic rings. The molecule has 1 saturated carbocycles. The molecule has 0 radical (unpaired) electrons. The van der Waals surface area contributed by atoms with Crippen LogP contribution in [0.5, 0.6) is 0 Å². The van der Waals surface area contributed by atoms with E-state index >= 15 is 0 Å². The van der Waals surface area contributed by atoms with Crippen molar-refractivity contribution >= 4 is 0 Å². The van der Waals surface area contributed by atoms with E-state index in [0.29, 0.717) is 0 Å². The average Bonchev–Trinajstić information content (AvgIpc) is 2.47. The third-order valence-corrected chi connectivity index (χ3v) is 4.19. The fraction of sp³-hybridized carbons (Fsp3) is 0.684. The topological polar surface area (TPSA) is 21.3 Å². The van der Waals surface area contributed by atoms with Gasteiger partial charge in [0.1, 0.15) is 0 Å². The lowest BCUT2D eigenvalue weighted by Crippen LogP contribution is -2.35. The minimum Gasteiger partial charge on any atom is -0.376 e. The summed E-state index contributed by atoms with van der Waals surface area (Å²) in [4.78, 5) is 0. The third kappa shape index (κ3) is 6.62. The molecule has 0 spiro atoms. The highest BCUT2D eigenvalue weighted by Crippen LogP contribution is 2.24. The Labute approximate surface area is 130 Å². The van der Waals surface area contributed by atoms with Crippen molar-refractivity contribution in [1.82, 2.24) is 5.32 Å². The highest BCUT2D eigenvalue weighted by atomic mass is 16.5. The minimum atomic E-state index is 0.168. The second-order valence-electron chi connectivity index (χ2n) is 7.44. The van der Waals surface area contributed by atoms with Gasteiger partial charge in [0, 0.05) is 18.7 Å². The average molecular weight is 289 g/mol. The standard InChI is InChI=1S/C19H31NO/c1-19(2,3)20-13-16-9-11-18(12-10-16)15-21-14-17-7-5-4-6-8-17/h9-12,17,20H,4-8,13-15H2,1-3H3. The van der Waals surface area contributed by atoms with E-state index < -0.39 is 0 Å². The molecule has 2 heteroatoms. The van der Waals surface area contributed by atoms with Gasteiger partial charge in [-0.1, -0.05) is 43.5 Å². The molecule has 0 heterocycles. The SMILES string of the molecule is CC(C)(C)NCc1ccc(COCC2CCCCC2)cc1. The van der Waals surface area contributed by atoms with Crippen molar-refractivity contribution in [3.63, 3.8) is 0 Å². The molecule has 21 heavy (non-hydrogen) atoms. The Kier molecular flexibility index (Phi) is 6.25. The second kappa shape index (κ2) is 7.95. The lowest BCUT2D eigenvalue weighted by atomic mass is 9.90. The number of benzene rings is 1. The van der Waals surface area contributed by atoms with Crippen molar-refractivity contribution < 1.29 is 4.74 Å². The minimum absolute atomic E-state index is 0.168. The van der Waals surface area contributed by atoms with Gasteiger partial charge in [-0.15, -0.1) is 0 Å². The first-order chi connectivity index (χ1) is 10.0. The van der Waals surface area contributed by atoms with Gasteiger partial charge in [-0.3, -0.25) is 0 Å². The summed E-state index contributed by atoms with van der Waals surface area (Å²) in [6.45, 7) is 9.20. The van der Waals surface area contributed by atoms with E-state index in [9.17, 15) is 0 Å². The molecule has 1 N–H and O–H groups in total. The largest absolute Gasteiger partial charge is 0.376 e. The summed E-state index contributed by atoms with van der Waals surface area (Å²) in [7, 11) is 0. The van der Waals surface area contributed by atoms with Gasteiger partial charge < -0.3 is 10.1 Å². The van der Waals surface area contributed by atoms with E-state index in [1.165, 1.54) is 43.2 Å². The van der Waals surface area contributed by atoms with Crippen molar-refractivity contribution in [2.45, 2.75) is 71.6 Å². The van der Waals surface area contributed by atoms with Gasteiger partial charge in [0.2, 0.25) is 0 Å². The number of rotatable bonds is 6. The maximum Gasteiger partial charge on any atom is 0.0717 e. The Morgan fingerprint density at radius 1 is 1.00 bits per heavy atom. The van der Waals surface area contributed by atoms with Crippen molar-refractivity contribution in [2.24, 2.45) is 5.92 Å². The monoisotopic (exact) mass is 289 g/mol. The molecule has 1 aromatic rings. The van der Waals surface area contributed by atoms with Crippen LogP contribution >= 0.6 is 0 Å². The summed E-state index contributed by atoms with van der Waals surface area (Å²) in [5, 5.41) is 3.51. The first-order valence-electron chi connectivity index (χ1n) is 8.43. The van der Waals surface area contributed by atoms with Crippen molar-refractivity contribution in [3.8, 4) is 0 Å². The zero-order valence-electron chi connectivity index (χ0n) is 14.0. The number of nitrogens with one attached hydrogen (secondary N) is 1. The fourth-order valence-electron chi connectivity index (χ4n) is 2.82. The number of ether oxygens (including phenoxy) is 1. The maximum atomic E-state index is 5.90. The van der Waals surface area contributed by atoms with Gasteiger partial charge in [-0.25, -0.2) is 0 Å². The Balaban J connectivity index is 1.69. The Morgan fingerprint density at radius 2 is 1.62 bits per heavy atom. The highest BCUT2D eigenvalue weighted by Gasteiger charge is 2.13. The quantitative estimate of drug-likeness (QED) is 0.821. The molecule has 0 aromatic heterocycles. The van der Waals surface area contributed by atoms with E-state index in [-0.39, 0.29) is 5.54 Å². The van der Waals surface area contributed by atoms with Crippen LogP contribution in [-0.2, 0) is 17.9 Å². The molecule has 1 aliphatic carbocycles. The Bertz CT molecular complexity index is 399. The molecule has 0 saturated heterocycles. The number of hydrogen-bond acceptors (Lipinski definition) is 2. The van der Waals surface area contributed by atoms with Crippen molar-refractivity contribution in [1.29, 1.82) is 0 Å². The van der Waals surface area contributed by atoms with Crippen LogP contribution in [0.3, 0.4) is 0 Å². The first kappa shape index (κ1) is 16.5. The smallest absolute Gasteiger partial charge is 0.0717 e. The molecule has 0 aliphatic heterocycles. The molecule has 1 aromatic carbocycles. The van der Waals surface area contributed by atoms with Crippen LogP contribution in [0.4, 0.5) is 0 Å². The molecule has 0 bridgehead atoms. The molecular weight excluding hydrogens is 258 g/mol. The van der Waals surface area contributed by atoms with Gasteiger partial charge in [0.05, 0.1) is 6.61 Å². The van der Waals surface area contributed by atoms with Crippen LogP contribution in [0.15, 0.2) is 24.3 Å². The van der Waals surface area contributed by atoms with Gasteiger partial charge in [0.15, 0.2) is 0 Å². The molecule has 2 nitrogen and oxygen atoms in total. The van der Waals surface area contributed by atoms with Crippen LogP contribution in [0.25, 0.3) is 0 Å². The maximum absolute atomic E-state index is 5.90. The first-order valence-corrected chi connectivity index (χ1v) is 8.43. The van der Waals surface area contributed by atoms with Crippen LogP contribution < -0.4 is 5.32 Å². The van der Waals surface area contributed by atoms with Crippen LogP contribution in [0.1, 0.15) is 64.0 Å². The van der Waals surface area contributed by atoms with E-state index in [2.05, 4.69) is 50.4 Å². The Hall–Kier alpha value is -0.860. The van der Waals surface area contributed by atoms with Crippen LogP contribution in [0.2, 0.25) is 0 Å². The third-order valence-electron chi connectivity index (χ3n) is 4.19. The predicted molar refractivity (Wildman–Crippen MR) is 89.3 cm³/mol. The summed E-state index contributed by atoms with van der Waals surface area (Å²) in [5.41, 5.74) is 2.79. The molecule has 118 valence electrons. The van der Waals surface area contributed by atoms with Crippen LogP contribution in [0, 0.1) is 5.92 Å². The normalized spacial score (nSPS) is 17.1. The van der Waals surface area contributed by atoms with Crippen LogP contribution in [-0.4, -0.2) is 12.1 Å². The van der Waals surface area contributed by atoms with E-state index in [1.54, 1.807) is 0 Å². The summed E-state index contributed by atoms with van der Waals surface area (Å²) in [6.07, 6.45) is 6.92. The molecule has 0 atom stereocenters. The second-order valence-corrected chi connectivity index (χ2v) is 7.44. The summed E-state index contributed by atoms with van der Waals surface area (Å²) in [6, 6.07) is 8.80. The van der Waals surface area contributed by atoms with E-state index in [0.717, 1.165) is 25.7 Å². The lowest BCUT2D eigenvalue weighted by Gasteiger charge is -2.21. The van der Waals surface area contributed by atoms with Crippen molar-refractivity contribution in [3.05, 3.63) is 35.4 Å². The van der Waals surface area contributed by atoms with Gasteiger partial charge in [0.25, 0.3) is 0 Å². The molecule has 0 unspecified atom stereocenters. The van der Waals surface area contributed by atoms with Gasteiger partial charge in [-0.05, 0) is 50.7 Å². The molecular formula is C19H31NO. The van der Waals surface area contributed by atoms with Gasteiger partial charge >= 0.3 is 0 Å². The zero-order chi connectivity index (χ0) is 15.1. The summed E-state index contributed by atoms with van der Waals surface area (Å²) >= 11 is 0. The van der Waals surface area contributed by atoms with E-state index in [1.807, 2.05) is 0 Å². The summed E-state index contributed by atoms with van der Waals surface area (Å²) < 4.78 is 5.90. The van der Waals surface area contributed by atoms with Crippen molar-refractivity contribution in [2.75, 3.05) is 6.61 Å². The molecule has 2 rings (SSSR count). The van der Waals surface area contributed by atoms with Gasteiger partial charge in [-0.2, -0.15) is 0 Å². The highest BCUT2D eigenvalue weighted by molar-refractivity contribution is 5.22. The predicted octanol–water partition coefficient (Wildman–Crippen LogP) is 4.67. The molecule has 0 amide bonds. The lowest BCUT2D eigenvalue weighted by molar-refractivity contribution is 0.0739. The van der Waals surface area contributed by atoms with E-state index in [4.69, 9.17) is 4.74 Å². The Morgan fingerprint density at radius 3 is 2.24 bits per heavy atom. The molecule has 1 fully saturated rings. The number of hydrogen-bond donors (Lipinski definition) is 1. The fourth-order valence-corrected chi connectivity index (χ4v) is 2.82. The zero-order valence-corrected chi connectivity index (χ0v) is 14.0. The summed E-state index contributed by atoms with van der Waals surface area (Å²) in [5.74, 6) is 0.800.